The summed E-state index contributed by atoms with van der Waals surface area (Å²) < 4.78 is 14.4. The van der Waals surface area contributed by atoms with Crippen molar-refractivity contribution in [3.05, 3.63) is 71.1 Å². The summed E-state index contributed by atoms with van der Waals surface area (Å²) in [5, 5.41) is 10.9. The van der Waals surface area contributed by atoms with Gasteiger partial charge >= 0.3 is 5.97 Å². The summed E-state index contributed by atoms with van der Waals surface area (Å²) in [6.07, 6.45) is 8.22. The highest BCUT2D eigenvalue weighted by Crippen LogP contribution is 2.44. The van der Waals surface area contributed by atoms with E-state index in [9.17, 15) is 14.3 Å². The summed E-state index contributed by atoms with van der Waals surface area (Å²) in [7, 11) is 0. The van der Waals surface area contributed by atoms with Crippen molar-refractivity contribution in [3.63, 3.8) is 0 Å². The lowest BCUT2D eigenvalue weighted by Crippen LogP contribution is -2.02. The van der Waals surface area contributed by atoms with Gasteiger partial charge in [0, 0.05) is 46.4 Å². The molecule has 0 saturated carbocycles. The molecule has 6 heteroatoms. The largest absolute Gasteiger partial charge is 0.477 e. The van der Waals surface area contributed by atoms with E-state index < -0.39 is 5.97 Å². The first-order valence-corrected chi connectivity index (χ1v) is 9.86. The molecule has 30 heavy (non-hydrogen) atoms. The zero-order valence-corrected chi connectivity index (χ0v) is 16.6. The number of hydrogen-bond donors (Lipinski definition) is 3. The molecular weight excluding hydrogens is 381 g/mol. The van der Waals surface area contributed by atoms with E-state index in [-0.39, 0.29) is 17.4 Å². The number of halogens is 1. The monoisotopic (exact) mass is 401 g/mol. The summed E-state index contributed by atoms with van der Waals surface area (Å²) in [5.74, 6) is -1.42. The van der Waals surface area contributed by atoms with Gasteiger partial charge in [-0.05, 0) is 41.3 Å². The Morgan fingerprint density at radius 2 is 2.07 bits per heavy atom. The van der Waals surface area contributed by atoms with Gasteiger partial charge in [-0.1, -0.05) is 26.0 Å². The third-order valence-electron chi connectivity index (χ3n) is 5.67. The number of hydrogen-bond acceptors (Lipinski definition) is 2. The van der Waals surface area contributed by atoms with Crippen molar-refractivity contribution >= 4 is 22.9 Å². The second-order valence-electron chi connectivity index (χ2n) is 7.84. The summed E-state index contributed by atoms with van der Waals surface area (Å²) in [6, 6.07) is 6.63. The third kappa shape index (κ3) is 2.68. The molecule has 5 rings (SSSR count). The molecule has 0 fully saturated rings. The zero-order chi connectivity index (χ0) is 21.0. The van der Waals surface area contributed by atoms with Crippen molar-refractivity contribution in [1.29, 1.82) is 0 Å². The summed E-state index contributed by atoms with van der Waals surface area (Å²) in [6.45, 7) is 4.04. The Hall–Kier alpha value is -3.67. The molecule has 1 aliphatic rings. The van der Waals surface area contributed by atoms with Crippen LogP contribution in [0.15, 0.2) is 42.7 Å². The molecule has 0 atom stereocenters. The molecule has 3 N–H and O–H groups in total. The number of H-pyrrole nitrogens is 2. The molecular formula is C24H20FN3O2. The molecule has 0 aliphatic heterocycles. The predicted octanol–water partition coefficient (Wildman–Crippen LogP) is 5.76. The number of pyridine rings is 1. The number of allylic oxidation sites excluding steroid dienone is 1. The number of benzene rings is 1. The van der Waals surface area contributed by atoms with Gasteiger partial charge in [-0.2, -0.15) is 0 Å². The Morgan fingerprint density at radius 3 is 2.83 bits per heavy atom. The average molecular weight is 401 g/mol. The normalized spacial score (nSPS) is 12.8. The van der Waals surface area contributed by atoms with Gasteiger partial charge in [0.15, 0.2) is 0 Å². The van der Waals surface area contributed by atoms with Gasteiger partial charge in [0.1, 0.15) is 11.5 Å². The van der Waals surface area contributed by atoms with E-state index in [2.05, 4.69) is 15.0 Å². The number of nitrogens with zero attached hydrogens (tertiary/aromatic N) is 1. The second-order valence-corrected chi connectivity index (χ2v) is 7.84. The van der Waals surface area contributed by atoms with E-state index in [0.29, 0.717) is 22.3 Å². The van der Waals surface area contributed by atoms with E-state index in [1.807, 2.05) is 38.1 Å². The number of carboxylic acid groups (broad SMARTS) is 1. The van der Waals surface area contributed by atoms with Crippen molar-refractivity contribution < 1.29 is 14.3 Å². The molecule has 1 aliphatic carbocycles. The number of fused-ring (bicyclic) bond motifs is 2. The first-order chi connectivity index (χ1) is 14.5. The van der Waals surface area contributed by atoms with E-state index in [1.54, 1.807) is 12.4 Å². The number of rotatable bonds is 4. The minimum atomic E-state index is -1.05. The highest BCUT2D eigenvalue weighted by Gasteiger charge is 2.28. The maximum absolute atomic E-state index is 14.4. The van der Waals surface area contributed by atoms with Crippen LogP contribution in [-0.2, 0) is 6.42 Å². The van der Waals surface area contributed by atoms with Crippen LogP contribution in [0.5, 0.6) is 0 Å². The summed E-state index contributed by atoms with van der Waals surface area (Å²) in [5.41, 5.74) is 6.26. The Bertz CT molecular complexity index is 1340. The van der Waals surface area contributed by atoms with Crippen molar-refractivity contribution in [2.45, 2.75) is 26.2 Å². The topological polar surface area (TPSA) is 81.8 Å². The highest BCUT2D eigenvalue weighted by atomic mass is 19.1. The van der Waals surface area contributed by atoms with Crippen molar-refractivity contribution in [2.24, 2.45) is 0 Å². The van der Waals surface area contributed by atoms with E-state index >= 15 is 0 Å². The quantitative estimate of drug-likeness (QED) is 0.407. The number of aromatic nitrogens is 3. The first kappa shape index (κ1) is 18.4. The fourth-order valence-corrected chi connectivity index (χ4v) is 4.45. The third-order valence-corrected chi connectivity index (χ3v) is 5.67. The smallest absolute Gasteiger partial charge is 0.352 e. The van der Waals surface area contributed by atoms with Crippen LogP contribution in [0.2, 0.25) is 0 Å². The van der Waals surface area contributed by atoms with Gasteiger partial charge in [-0.15, -0.1) is 0 Å². The highest BCUT2D eigenvalue weighted by molar-refractivity contribution is 6.03. The number of aromatic amines is 2. The number of aromatic carboxylic acids is 1. The second kappa shape index (κ2) is 6.69. The fourth-order valence-electron chi connectivity index (χ4n) is 4.45. The molecule has 3 heterocycles. The van der Waals surface area contributed by atoms with Crippen LogP contribution in [0.25, 0.3) is 39.4 Å². The van der Waals surface area contributed by atoms with Crippen molar-refractivity contribution in [3.8, 4) is 22.4 Å². The summed E-state index contributed by atoms with van der Waals surface area (Å²) in [4.78, 5) is 22.8. The van der Waals surface area contributed by atoms with Crippen molar-refractivity contribution in [2.75, 3.05) is 0 Å². The Labute approximate surface area is 172 Å². The first-order valence-electron chi connectivity index (χ1n) is 9.86. The van der Waals surface area contributed by atoms with E-state index in [1.165, 1.54) is 12.1 Å². The Morgan fingerprint density at radius 1 is 1.23 bits per heavy atom. The van der Waals surface area contributed by atoms with Gasteiger partial charge in [-0.3, -0.25) is 4.98 Å². The maximum Gasteiger partial charge on any atom is 0.352 e. The van der Waals surface area contributed by atoms with Crippen LogP contribution < -0.4 is 0 Å². The molecule has 0 amide bonds. The van der Waals surface area contributed by atoms with Gasteiger partial charge in [0.25, 0.3) is 0 Å². The van der Waals surface area contributed by atoms with Crippen LogP contribution in [0.1, 0.15) is 47.1 Å². The lowest BCUT2D eigenvalue weighted by Gasteiger charge is -2.14. The minimum absolute atomic E-state index is 0.00538. The number of nitrogens with one attached hydrogen (secondary N) is 2. The molecule has 150 valence electrons. The molecule has 0 spiro atoms. The van der Waals surface area contributed by atoms with Gasteiger partial charge in [0.2, 0.25) is 0 Å². The standard InChI is InChI=1S/C24H20FN3O2/c1-12(2)20-21(16-7-9-26-18-5-3-4-14(16)18)23(24(29)30)28-22(20)17-10-13(25)11-19-15(17)6-8-27-19/h3-4,6-12,27-28H,5H2,1-2H3,(H,29,30). The Balaban J connectivity index is 1.89. The molecule has 0 saturated heterocycles. The van der Waals surface area contributed by atoms with Gasteiger partial charge in [-0.25, -0.2) is 9.18 Å². The van der Waals surface area contributed by atoms with Crippen LogP contribution in [0.3, 0.4) is 0 Å². The van der Waals surface area contributed by atoms with Gasteiger partial charge in [0.05, 0.1) is 11.4 Å². The van der Waals surface area contributed by atoms with E-state index in [4.69, 9.17) is 0 Å². The average Bonchev–Trinajstić information content (AvgIpc) is 3.43. The van der Waals surface area contributed by atoms with Crippen LogP contribution in [0.4, 0.5) is 4.39 Å². The van der Waals surface area contributed by atoms with Crippen LogP contribution >= 0.6 is 0 Å². The number of carboxylic acids is 1. The zero-order valence-electron chi connectivity index (χ0n) is 16.6. The fraction of sp³-hybridized carbons (Fsp3) is 0.167. The Kier molecular flexibility index (Phi) is 4.10. The molecule has 3 aromatic heterocycles. The van der Waals surface area contributed by atoms with E-state index in [0.717, 1.165) is 34.2 Å². The number of carbonyl (C=O) groups is 1. The summed E-state index contributed by atoms with van der Waals surface area (Å²) >= 11 is 0. The molecule has 4 aromatic rings. The van der Waals surface area contributed by atoms with Crippen LogP contribution in [0, 0.1) is 5.82 Å². The molecule has 0 radical (unpaired) electrons. The molecule has 5 nitrogen and oxygen atoms in total. The van der Waals surface area contributed by atoms with Crippen LogP contribution in [-0.4, -0.2) is 26.0 Å². The van der Waals surface area contributed by atoms with Gasteiger partial charge < -0.3 is 15.1 Å². The van der Waals surface area contributed by atoms with Crippen molar-refractivity contribution in [1.82, 2.24) is 15.0 Å². The molecule has 0 bridgehead atoms. The minimum Gasteiger partial charge on any atom is -0.477 e. The molecule has 0 unspecified atom stereocenters. The SMILES string of the molecule is CC(C)c1c(-c2cc(F)cc3[nH]ccc23)[nH]c(C(=O)O)c1-c1ccnc2c1C=CC2. The molecule has 1 aromatic carbocycles. The predicted molar refractivity (Wildman–Crippen MR) is 115 cm³/mol. The lowest BCUT2D eigenvalue weighted by molar-refractivity contribution is 0.0692. The lowest BCUT2D eigenvalue weighted by atomic mass is 9.88. The maximum atomic E-state index is 14.4.